The molecule has 0 aromatic rings. The second kappa shape index (κ2) is 8.14. The third kappa shape index (κ3) is 7.39. The molecule has 1 heterocycles. The molecule has 0 aliphatic carbocycles. The molecule has 1 rings (SSSR count). The molecular formula is C17H35N3. The Hall–Kier alpha value is -0.410. The molecule has 3 nitrogen and oxygen atoms in total. The average molecular weight is 281 g/mol. The largest absolute Gasteiger partial charge is 0.317 e. The van der Waals surface area contributed by atoms with Crippen LogP contribution in [0.4, 0.5) is 0 Å². The third-order valence-electron chi connectivity index (χ3n) is 3.92. The van der Waals surface area contributed by atoms with Gasteiger partial charge in [0.2, 0.25) is 0 Å². The highest BCUT2D eigenvalue weighted by Gasteiger charge is 2.37. The molecule has 0 atom stereocenters. The molecule has 2 N–H and O–H groups in total. The third-order valence-corrected chi connectivity index (χ3v) is 3.92. The van der Waals surface area contributed by atoms with E-state index < -0.39 is 0 Å². The molecule has 0 aromatic heterocycles. The van der Waals surface area contributed by atoms with Crippen LogP contribution in [0.3, 0.4) is 0 Å². The summed E-state index contributed by atoms with van der Waals surface area (Å²) in [6, 6.07) is 0.489. The lowest BCUT2D eigenvalue weighted by molar-refractivity contribution is 0.164. The first-order valence-corrected chi connectivity index (χ1v) is 8.36. The van der Waals surface area contributed by atoms with Crippen molar-refractivity contribution in [3.05, 3.63) is 0 Å². The Morgan fingerprint density at radius 1 is 1.10 bits per heavy atom. The lowest BCUT2D eigenvalue weighted by atomic mass is 9.80. The summed E-state index contributed by atoms with van der Waals surface area (Å²) in [6.45, 7) is 13.6. The maximum absolute atomic E-state index is 4.83. The van der Waals surface area contributed by atoms with E-state index >= 15 is 0 Å². The summed E-state index contributed by atoms with van der Waals surface area (Å²) in [7, 11) is 0. The van der Waals surface area contributed by atoms with Gasteiger partial charge < -0.3 is 10.6 Å². The first-order chi connectivity index (χ1) is 9.35. The highest BCUT2D eigenvalue weighted by Crippen LogP contribution is 2.30. The predicted octanol–water partition coefficient (Wildman–Crippen LogP) is 3.54. The van der Waals surface area contributed by atoms with E-state index in [1.54, 1.807) is 0 Å². The zero-order chi connectivity index (χ0) is 15.1. The Morgan fingerprint density at radius 2 is 1.75 bits per heavy atom. The van der Waals surface area contributed by atoms with Crippen LogP contribution in [0.25, 0.3) is 0 Å². The van der Waals surface area contributed by atoms with Gasteiger partial charge in [0.15, 0.2) is 0 Å². The van der Waals surface area contributed by atoms with Crippen LogP contribution in [-0.4, -0.2) is 36.4 Å². The molecule has 0 unspecified atom stereocenters. The first kappa shape index (κ1) is 17.6. The van der Waals surface area contributed by atoms with Crippen molar-refractivity contribution in [3.8, 4) is 0 Å². The summed E-state index contributed by atoms with van der Waals surface area (Å²) >= 11 is 0. The van der Waals surface area contributed by atoms with Gasteiger partial charge in [-0.3, -0.25) is 4.99 Å². The molecule has 0 aromatic carbocycles. The summed E-state index contributed by atoms with van der Waals surface area (Å²) in [5, 5.41) is 7.08. The van der Waals surface area contributed by atoms with Gasteiger partial charge in [0.05, 0.1) is 6.04 Å². The monoisotopic (exact) mass is 281 g/mol. The van der Waals surface area contributed by atoms with E-state index in [4.69, 9.17) is 4.99 Å². The van der Waals surface area contributed by atoms with Crippen LogP contribution >= 0.6 is 0 Å². The van der Waals surface area contributed by atoms with Crippen molar-refractivity contribution in [2.75, 3.05) is 13.1 Å². The molecule has 0 saturated carbocycles. The van der Waals surface area contributed by atoms with E-state index in [0.717, 1.165) is 32.4 Å². The van der Waals surface area contributed by atoms with Crippen LogP contribution in [0.5, 0.6) is 0 Å². The van der Waals surface area contributed by atoms with Gasteiger partial charge in [-0.1, -0.05) is 13.3 Å². The van der Waals surface area contributed by atoms with Gasteiger partial charge in [-0.05, 0) is 79.1 Å². The molecule has 0 radical (unpaired) electrons. The lowest BCUT2D eigenvalue weighted by Crippen LogP contribution is -2.58. The maximum atomic E-state index is 4.83. The minimum Gasteiger partial charge on any atom is -0.317 e. The molecule has 20 heavy (non-hydrogen) atoms. The minimum absolute atomic E-state index is 0.204. The highest BCUT2D eigenvalue weighted by molar-refractivity contribution is 5.57. The van der Waals surface area contributed by atoms with Gasteiger partial charge in [0.1, 0.15) is 0 Å². The van der Waals surface area contributed by atoms with Crippen molar-refractivity contribution in [1.29, 1.82) is 0 Å². The van der Waals surface area contributed by atoms with Crippen LogP contribution in [0.15, 0.2) is 4.99 Å². The quantitative estimate of drug-likeness (QED) is 0.527. The fourth-order valence-electron chi connectivity index (χ4n) is 3.44. The number of piperidine rings is 1. The van der Waals surface area contributed by atoms with Gasteiger partial charge in [-0.15, -0.1) is 0 Å². The lowest BCUT2D eigenvalue weighted by Gasteiger charge is -2.45. The Morgan fingerprint density at radius 3 is 2.35 bits per heavy atom. The molecule has 3 heteroatoms. The molecular weight excluding hydrogens is 246 g/mol. The fraction of sp³-hybridized carbons (Fsp3) is 0.941. The van der Waals surface area contributed by atoms with Gasteiger partial charge in [0.25, 0.3) is 0 Å². The zero-order valence-electron chi connectivity index (χ0n) is 14.3. The second-order valence-electron chi connectivity index (χ2n) is 7.49. The Labute approximate surface area is 126 Å². The number of unbranched alkanes of at least 4 members (excludes halogenated alkanes) is 3. The second-order valence-corrected chi connectivity index (χ2v) is 7.49. The molecule has 1 fully saturated rings. The topological polar surface area (TPSA) is 36.4 Å². The van der Waals surface area contributed by atoms with Crippen LogP contribution < -0.4 is 10.6 Å². The first-order valence-electron chi connectivity index (χ1n) is 8.36. The molecule has 1 aliphatic rings. The number of rotatable bonds is 8. The number of nitrogens with one attached hydrogen (secondary N) is 2. The SMILES string of the molecule is CCNCCCCCC=NC1CC(C)(C)NC(C)(C)C1. The molecule has 0 amide bonds. The van der Waals surface area contributed by atoms with Crippen molar-refractivity contribution in [2.24, 2.45) is 4.99 Å². The summed E-state index contributed by atoms with van der Waals surface area (Å²) in [6.07, 6.45) is 9.47. The highest BCUT2D eigenvalue weighted by atomic mass is 15.1. The fourth-order valence-corrected chi connectivity index (χ4v) is 3.44. The van der Waals surface area contributed by atoms with Crippen molar-refractivity contribution in [3.63, 3.8) is 0 Å². The normalized spacial score (nSPS) is 22.4. The molecule has 0 spiro atoms. The van der Waals surface area contributed by atoms with Crippen LogP contribution in [-0.2, 0) is 0 Å². The van der Waals surface area contributed by atoms with Gasteiger partial charge in [-0.25, -0.2) is 0 Å². The zero-order valence-corrected chi connectivity index (χ0v) is 14.3. The Kier molecular flexibility index (Phi) is 7.18. The molecule has 1 saturated heterocycles. The molecule has 118 valence electrons. The van der Waals surface area contributed by atoms with Crippen molar-refractivity contribution >= 4 is 6.21 Å². The Balaban J connectivity index is 2.21. The summed E-state index contributed by atoms with van der Waals surface area (Å²) in [4.78, 5) is 4.83. The smallest absolute Gasteiger partial charge is 0.0530 e. The number of nitrogens with zero attached hydrogens (tertiary/aromatic N) is 1. The average Bonchev–Trinajstić information content (AvgIpc) is 2.28. The van der Waals surface area contributed by atoms with Gasteiger partial charge >= 0.3 is 0 Å². The van der Waals surface area contributed by atoms with E-state index in [2.05, 4.69) is 51.5 Å². The number of hydrogen-bond acceptors (Lipinski definition) is 3. The van der Waals surface area contributed by atoms with E-state index in [-0.39, 0.29) is 11.1 Å². The van der Waals surface area contributed by atoms with E-state index in [1.807, 2.05) is 0 Å². The van der Waals surface area contributed by atoms with Crippen molar-refractivity contribution in [1.82, 2.24) is 10.6 Å². The number of hydrogen-bond donors (Lipinski definition) is 2. The van der Waals surface area contributed by atoms with Gasteiger partial charge in [0, 0.05) is 11.1 Å². The predicted molar refractivity (Wildman–Crippen MR) is 89.8 cm³/mol. The number of aliphatic imine (C=N–C) groups is 1. The van der Waals surface area contributed by atoms with E-state index in [0.29, 0.717) is 6.04 Å². The van der Waals surface area contributed by atoms with Crippen LogP contribution in [0.1, 0.15) is 73.1 Å². The Bertz CT molecular complexity index is 279. The van der Waals surface area contributed by atoms with Crippen molar-refractivity contribution in [2.45, 2.75) is 90.3 Å². The standard InChI is InChI=1S/C17H35N3/c1-6-18-11-9-7-8-10-12-19-15-13-16(2,3)20-17(4,5)14-15/h12,15,18,20H,6-11,13-14H2,1-5H3. The maximum Gasteiger partial charge on any atom is 0.0530 e. The summed E-state index contributed by atoms with van der Waals surface area (Å²) < 4.78 is 0. The van der Waals surface area contributed by atoms with Gasteiger partial charge in [-0.2, -0.15) is 0 Å². The van der Waals surface area contributed by atoms with Crippen LogP contribution in [0.2, 0.25) is 0 Å². The molecule has 1 aliphatic heterocycles. The van der Waals surface area contributed by atoms with E-state index in [9.17, 15) is 0 Å². The van der Waals surface area contributed by atoms with Crippen LogP contribution in [0, 0.1) is 0 Å². The summed E-state index contributed by atoms with van der Waals surface area (Å²) in [5.74, 6) is 0. The van der Waals surface area contributed by atoms with Crippen molar-refractivity contribution < 1.29 is 0 Å². The van der Waals surface area contributed by atoms with E-state index in [1.165, 1.54) is 19.3 Å². The minimum atomic E-state index is 0.204. The summed E-state index contributed by atoms with van der Waals surface area (Å²) in [5.41, 5.74) is 0.408. The molecule has 0 bridgehead atoms.